The van der Waals surface area contributed by atoms with Crippen LogP contribution in [0.2, 0.25) is 0 Å². The molecular formula is C20H20F3N3OS. The Bertz CT molecular complexity index is 988. The highest BCUT2D eigenvalue weighted by Gasteiger charge is 2.44. The Morgan fingerprint density at radius 3 is 2.75 bits per heavy atom. The zero-order chi connectivity index (χ0) is 19.9. The highest BCUT2D eigenvalue weighted by Crippen LogP contribution is 2.32. The molecule has 0 spiro atoms. The fourth-order valence-electron chi connectivity index (χ4n) is 3.56. The molecule has 1 fully saturated rings. The lowest BCUT2D eigenvalue weighted by molar-refractivity contribution is -0.252. The van der Waals surface area contributed by atoms with Gasteiger partial charge in [0, 0.05) is 47.9 Å². The van der Waals surface area contributed by atoms with Gasteiger partial charge in [-0.25, -0.2) is 4.98 Å². The average molecular weight is 407 g/mol. The third-order valence-electron chi connectivity index (χ3n) is 4.77. The Hall–Kier alpha value is -2.03. The predicted octanol–water partition coefficient (Wildman–Crippen LogP) is 4.82. The average Bonchev–Trinajstić information content (AvgIpc) is 3.06. The summed E-state index contributed by atoms with van der Waals surface area (Å²) in [5.74, 6) is 0. The zero-order valence-corrected chi connectivity index (χ0v) is 16.3. The molecule has 2 atom stereocenters. The van der Waals surface area contributed by atoms with Crippen molar-refractivity contribution in [2.24, 2.45) is 0 Å². The number of ether oxygens (including phenoxy) is 1. The minimum Gasteiger partial charge on any atom is -0.363 e. The van der Waals surface area contributed by atoms with Crippen LogP contribution in [0.5, 0.6) is 0 Å². The fraction of sp³-hybridized carbons (Fsp3) is 0.400. The largest absolute Gasteiger partial charge is 0.415 e. The van der Waals surface area contributed by atoms with E-state index in [0.717, 1.165) is 31.9 Å². The van der Waals surface area contributed by atoms with Crippen molar-refractivity contribution in [1.82, 2.24) is 14.9 Å². The molecule has 4 rings (SSSR count). The van der Waals surface area contributed by atoms with Gasteiger partial charge in [-0.3, -0.25) is 9.88 Å². The van der Waals surface area contributed by atoms with Crippen LogP contribution in [0.1, 0.15) is 17.4 Å². The molecule has 1 aliphatic rings. The first-order valence-electron chi connectivity index (χ1n) is 9.04. The molecule has 0 aliphatic carbocycles. The van der Waals surface area contributed by atoms with Crippen LogP contribution in [0.3, 0.4) is 0 Å². The molecule has 0 N–H and O–H groups in total. The number of aryl methyl sites for hydroxylation is 1. The van der Waals surface area contributed by atoms with E-state index in [2.05, 4.69) is 9.97 Å². The van der Waals surface area contributed by atoms with Gasteiger partial charge in [-0.15, -0.1) is 11.3 Å². The molecule has 0 saturated carbocycles. The lowest BCUT2D eigenvalue weighted by atomic mass is 10.1. The number of fused-ring (bicyclic) bond motifs is 1. The number of benzene rings is 1. The molecule has 0 amide bonds. The van der Waals surface area contributed by atoms with Gasteiger partial charge < -0.3 is 4.74 Å². The van der Waals surface area contributed by atoms with Crippen molar-refractivity contribution in [3.8, 4) is 10.6 Å². The molecule has 2 aromatic heterocycles. The normalized spacial score (nSPS) is 21.3. The van der Waals surface area contributed by atoms with Gasteiger partial charge in [0.05, 0.1) is 11.6 Å². The van der Waals surface area contributed by atoms with Crippen LogP contribution in [0.4, 0.5) is 13.2 Å². The van der Waals surface area contributed by atoms with E-state index in [1.54, 1.807) is 29.4 Å². The molecule has 28 heavy (non-hydrogen) atoms. The molecule has 1 saturated heterocycles. The first-order chi connectivity index (χ1) is 13.3. The van der Waals surface area contributed by atoms with Gasteiger partial charge in [0.25, 0.3) is 0 Å². The summed E-state index contributed by atoms with van der Waals surface area (Å²) >= 11 is 1.62. The van der Waals surface area contributed by atoms with Crippen LogP contribution in [0, 0.1) is 6.92 Å². The van der Waals surface area contributed by atoms with Crippen LogP contribution in [0.15, 0.2) is 36.7 Å². The fourth-order valence-corrected chi connectivity index (χ4v) is 4.37. The smallest absolute Gasteiger partial charge is 0.363 e. The molecule has 148 valence electrons. The maximum atomic E-state index is 13.1. The van der Waals surface area contributed by atoms with E-state index in [4.69, 9.17) is 4.74 Å². The van der Waals surface area contributed by atoms with Crippen LogP contribution in [-0.2, 0) is 11.3 Å². The Morgan fingerprint density at radius 2 is 2.04 bits per heavy atom. The molecule has 1 aromatic carbocycles. The van der Waals surface area contributed by atoms with Crippen LogP contribution >= 0.6 is 11.3 Å². The summed E-state index contributed by atoms with van der Waals surface area (Å²) < 4.78 is 44.3. The van der Waals surface area contributed by atoms with Gasteiger partial charge in [0.15, 0.2) is 6.10 Å². The van der Waals surface area contributed by atoms with Gasteiger partial charge in [0.2, 0.25) is 0 Å². The van der Waals surface area contributed by atoms with Gasteiger partial charge >= 0.3 is 6.18 Å². The van der Waals surface area contributed by atoms with Gasteiger partial charge in [0.1, 0.15) is 5.01 Å². The number of morpholine rings is 1. The SMILES string of the molecule is Cc1cnc(-c2ccnc3cc(CN4C[C@@H](C)O[C@@H](C(F)(F)F)C4)ccc23)s1. The van der Waals surface area contributed by atoms with E-state index in [1.165, 1.54) is 0 Å². The Kier molecular flexibility index (Phi) is 5.11. The first-order valence-corrected chi connectivity index (χ1v) is 9.86. The van der Waals surface area contributed by atoms with Crippen molar-refractivity contribution in [3.05, 3.63) is 47.1 Å². The first kappa shape index (κ1) is 19.3. The zero-order valence-electron chi connectivity index (χ0n) is 15.5. The number of nitrogens with zero attached hydrogens (tertiary/aromatic N) is 3. The lowest BCUT2D eigenvalue weighted by Gasteiger charge is -2.37. The van der Waals surface area contributed by atoms with E-state index in [9.17, 15) is 13.2 Å². The quantitative estimate of drug-likeness (QED) is 0.624. The van der Waals surface area contributed by atoms with E-state index >= 15 is 0 Å². The number of halogens is 3. The monoisotopic (exact) mass is 407 g/mol. The van der Waals surface area contributed by atoms with Crippen molar-refractivity contribution in [3.63, 3.8) is 0 Å². The molecule has 3 heterocycles. The number of thiazole rings is 1. The number of hydrogen-bond donors (Lipinski definition) is 0. The third-order valence-corrected chi connectivity index (χ3v) is 5.71. The number of pyridine rings is 1. The maximum absolute atomic E-state index is 13.1. The maximum Gasteiger partial charge on any atom is 0.415 e. The summed E-state index contributed by atoms with van der Waals surface area (Å²) in [7, 11) is 0. The molecule has 0 unspecified atom stereocenters. The minimum atomic E-state index is -4.35. The van der Waals surface area contributed by atoms with Crippen molar-refractivity contribution < 1.29 is 17.9 Å². The van der Waals surface area contributed by atoms with E-state index < -0.39 is 18.4 Å². The van der Waals surface area contributed by atoms with E-state index in [0.29, 0.717) is 13.1 Å². The summed E-state index contributed by atoms with van der Waals surface area (Å²) in [4.78, 5) is 11.8. The number of alkyl halides is 3. The number of aromatic nitrogens is 2. The van der Waals surface area contributed by atoms with Crippen LogP contribution in [0.25, 0.3) is 21.5 Å². The lowest BCUT2D eigenvalue weighted by Crippen LogP contribution is -2.51. The topological polar surface area (TPSA) is 38.2 Å². The second kappa shape index (κ2) is 7.42. The van der Waals surface area contributed by atoms with Gasteiger partial charge in [-0.1, -0.05) is 12.1 Å². The van der Waals surface area contributed by atoms with E-state index in [-0.39, 0.29) is 6.54 Å². The Morgan fingerprint density at radius 1 is 1.21 bits per heavy atom. The van der Waals surface area contributed by atoms with E-state index in [1.807, 2.05) is 37.4 Å². The standard InChI is InChI=1S/C20H20F3N3OS/c1-12-9-26(11-18(27-12)20(21,22)23)10-14-3-4-15-16(5-6-24-17(15)7-14)19-25-8-13(2)28-19/h3-8,12,18H,9-11H2,1-2H3/t12-,18-/m1/s1. The highest BCUT2D eigenvalue weighted by atomic mass is 32.1. The number of rotatable bonds is 3. The van der Waals surface area contributed by atoms with Crippen molar-refractivity contribution in [2.75, 3.05) is 13.1 Å². The number of hydrogen-bond acceptors (Lipinski definition) is 5. The Labute approximate surface area is 165 Å². The van der Waals surface area contributed by atoms with Gasteiger partial charge in [-0.2, -0.15) is 13.2 Å². The van der Waals surface area contributed by atoms with Crippen LogP contribution < -0.4 is 0 Å². The summed E-state index contributed by atoms with van der Waals surface area (Å²) in [6.07, 6.45) is -2.96. The summed E-state index contributed by atoms with van der Waals surface area (Å²) in [6, 6.07) is 7.82. The third kappa shape index (κ3) is 4.04. The summed E-state index contributed by atoms with van der Waals surface area (Å²) in [5, 5.41) is 1.93. The summed E-state index contributed by atoms with van der Waals surface area (Å²) in [6.45, 7) is 4.43. The van der Waals surface area contributed by atoms with Crippen molar-refractivity contribution in [2.45, 2.75) is 38.8 Å². The van der Waals surface area contributed by atoms with Crippen molar-refractivity contribution in [1.29, 1.82) is 0 Å². The van der Waals surface area contributed by atoms with Crippen LogP contribution in [-0.4, -0.2) is 46.3 Å². The molecule has 3 aromatic rings. The second-order valence-electron chi connectivity index (χ2n) is 7.16. The molecule has 1 aliphatic heterocycles. The molecule has 0 radical (unpaired) electrons. The summed E-state index contributed by atoms with van der Waals surface area (Å²) in [5.41, 5.74) is 2.77. The Balaban J connectivity index is 1.58. The molecule has 8 heteroatoms. The molecule has 4 nitrogen and oxygen atoms in total. The second-order valence-corrected chi connectivity index (χ2v) is 8.39. The van der Waals surface area contributed by atoms with Crippen molar-refractivity contribution >= 4 is 22.2 Å². The minimum absolute atomic E-state index is 0.155. The molecular weight excluding hydrogens is 387 g/mol. The van der Waals surface area contributed by atoms with Gasteiger partial charge in [-0.05, 0) is 31.5 Å². The molecule has 0 bridgehead atoms. The highest BCUT2D eigenvalue weighted by molar-refractivity contribution is 7.15. The predicted molar refractivity (Wildman–Crippen MR) is 103 cm³/mol.